The Morgan fingerprint density at radius 1 is 1.58 bits per heavy atom. The number of hydrogen-bond donors (Lipinski definition) is 1. The molecule has 2 aliphatic heterocycles. The fourth-order valence-electron chi connectivity index (χ4n) is 3.19. The molecule has 1 N–H and O–H groups in total. The molecule has 1 aliphatic carbocycles. The number of halogens is 1. The first-order chi connectivity index (χ1) is 9.06. The summed E-state index contributed by atoms with van der Waals surface area (Å²) in [4.78, 5) is 13.9. The molecule has 3 aliphatic rings. The van der Waals surface area contributed by atoms with Crippen LogP contribution in [0.4, 0.5) is 5.82 Å². The third-order valence-electron chi connectivity index (χ3n) is 3.99. The molecule has 6 nitrogen and oxygen atoms in total. The Balaban J connectivity index is 1.99. The van der Waals surface area contributed by atoms with Gasteiger partial charge in [0, 0.05) is 6.07 Å². The molecule has 19 heavy (non-hydrogen) atoms. The predicted octanol–water partition coefficient (Wildman–Crippen LogP) is 1.14. The highest BCUT2D eigenvalue weighted by atomic mass is 35.5. The Morgan fingerprint density at radius 3 is 2.89 bits per heavy atom. The summed E-state index contributed by atoms with van der Waals surface area (Å²) in [6.07, 6.45) is 1.34. The summed E-state index contributed by atoms with van der Waals surface area (Å²) in [6.45, 7) is 7.87. The predicted molar refractivity (Wildman–Crippen MR) is 69.3 cm³/mol. The molecule has 0 atom stereocenters. The average molecular weight is 281 g/mol. The Kier molecular flexibility index (Phi) is 2.59. The summed E-state index contributed by atoms with van der Waals surface area (Å²) in [5.74, 6) is 0.605. The van der Waals surface area contributed by atoms with Gasteiger partial charge in [-0.3, -0.25) is 0 Å². The van der Waals surface area contributed by atoms with Gasteiger partial charge in [0.05, 0.1) is 38.6 Å². The van der Waals surface area contributed by atoms with Gasteiger partial charge in [0.2, 0.25) is 0 Å². The number of anilines is 1. The van der Waals surface area contributed by atoms with E-state index in [9.17, 15) is 5.11 Å². The Bertz CT molecular complexity index is 565. The lowest BCUT2D eigenvalue weighted by Crippen LogP contribution is -2.54. The zero-order chi connectivity index (χ0) is 13.7. The van der Waals surface area contributed by atoms with E-state index in [4.69, 9.17) is 22.9 Å². The maximum Gasteiger partial charge on any atom is 0.319 e. The van der Waals surface area contributed by atoms with Crippen LogP contribution in [0.2, 0.25) is 5.15 Å². The average Bonchev–Trinajstić information content (AvgIpc) is 2.88. The van der Waals surface area contributed by atoms with Gasteiger partial charge in [-0.1, -0.05) is 11.6 Å². The molecule has 1 aromatic rings. The standard InChI is InChI=1S/C12H13ClN4O2/c1-14-11-4-12(5-11,7-18)17(6-11)9-3-8(13)15-10(16-9)19-2/h3,18H,4-7H2,2H3. The maximum absolute atomic E-state index is 9.65. The van der Waals surface area contributed by atoms with Crippen LogP contribution >= 0.6 is 11.6 Å². The van der Waals surface area contributed by atoms with Crippen LogP contribution in [0.1, 0.15) is 12.8 Å². The molecule has 0 aromatic carbocycles. The summed E-state index contributed by atoms with van der Waals surface area (Å²) < 4.78 is 5.01. The monoisotopic (exact) mass is 280 g/mol. The molecule has 0 spiro atoms. The summed E-state index contributed by atoms with van der Waals surface area (Å²) in [6, 6.07) is 1.83. The number of aliphatic hydroxyl groups excluding tert-OH is 1. The van der Waals surface area contributed by atoms with Gasteiger partial charge in [-0.2, -0.15) is 9.97 Å². The van der Waals surface area contributed by atoms with E-state index in [-0.39, 0.29) is 28.8 Å². The topological polar surface area (TPSA) is 62.8 Å². The summed E-state index contributed by atoms with van der Waals surface area (Å²) >= 11 is 5.94. The van der Waals surface area contributed by atoms with Crippen molar-refractivity contribution in [2.24, 2.45) is 0 Å². The van der Waals surface area contributed by atoms with Crippen molar-refractivity contribution >= 4 is 17.4 Å². The molecule has 0 unspecified atom stereocenters. The molecular formula is C12H13ClN4O2. The van der Waals surface area contributed by atoms with Crippen LogP contribution in [-0.2, 0) is 0 Å². The number of fused-ring (bicyclic) bond motifs is 1. The van der Waals surface area contributed by atoms with Crippen LogP contribution in [0.5, 0.6) is 6.01 Å². The second-order valence-electron chi connectivity index (χ2n) is 5.19. The van der Waals surface area contributed by atoms with Crippen molar-refractivity contribution in [3.8, 4) is 6.01 Å². The highest BCUT2D eigenvalue weighted by molar-refractivity contribution is 6.29. The quantitative estimate of drug-likeness (QED) is 0.664. The van der Waals surface area contributed by atoms with E-state index in [2.05, 4.69) is 14.8 Å². The van der Waals surface area contributed by atoms with Crippen molar-refractivity contribution in [2.45, 2.75) is 23.9 Å². The van der Waals surface area contributed by atoms with Crippen molar-refractivity contribution in [2.75, 3.05) is 25.2 Å². The van der Waals surface area contributed by atoms with Crippen LogP contribution in [0.25, 0.3) is 4.85 Å². The highest BCUT2D eigenvalue weighted by Crippen LogP contribution is 2.56. The number of aliphatic hydroxyl groups is 1. The lowest BCUT2D eigenvalue weighted by Gasteiger charge is -2.40. The zero-order valence-corrected chi connectivity index (χ0v) is 11.2. The fraction of sp³-hybridized carbons (Fsp3) is 0.583. The van der Waals surface area contributed by atoms with E-state index < -0.39 is 0 Å². The van der Waals surface area contributed by atoms with Crippen LogP contribution in [-0.4, -0.2) is 46.4 Å². The normalized spacial score (nSPS) is 31.8. The zero-order valence-electron chi connectivity index (χ0n) is 10.4. The van der Waals surface area contributed by atoms with Gasteiger partial charge in [-0.05, 0) is 0 Å². The number of ether oxygens (including phenoxy) is 1. The number of aromatic nitrogens is 2. The number of nitrogens with zero attached hydrogens (tertiary/aromatic N) is 4. The van der Waals surface area contributed by atoms with Crippen molar-refractivity contribution in [1.29, 1.82) is 0 Å². The van der Waals surface area contributed by atoms with Crippen molar-refractivity contribution in [3.05, 3.63) is 22.6 Å². The van der Waals surface area contributed by atoms with Crippen LogP contribution in [0.15, 0.2) is 6.07 Å². The molecule has 3 heterocycles. The first kappa shape index (κ1) is 12.5. The van der Waals surface area contributed by atoms with Crippen molar-refractivity contribution < 1.29 is 9.84 Å². The molecule has 3 fully saturated rings. The van der Waals surface area contributed by atoms with Gasteiger partial charge in [0.1, 0.15) is 11.0 Å². The van der Waals surface area contributed by atoms with Gasteiger partial charge in [0.15, 0.2) is 0 Å². The van der Waals surface area contributed by atoms with Gasteiger partial charge >= 0.3 is 6.01 Å². The molecule has 100 valence electrons. The van der Waals surface area contributed by atoms with Crippen LogP contribution < -0.4 is 9.64 Å². The second kappa shape index (κ2) is 3.95. The molecule has 1 aromatic heterocycles. The molecule has 2 saturated heterocycles. The van der Waals surface area contributed by atoms with Gasteiger partial charge in [-0.25, -0.2) is 6.57 Å². The molecule has 0 amide bonds. The summed E-state index contributed by atoms with van der Waals surface area (Å²) in [5.41, 5.74) is -0.763. The smallest absolute Gasteiger partial charge is 0.319 e. The Hall–Kier alpha value is -1.58. The lowest BCUT2D eigenvalue weighted by molar-refractivity contribution is 0.127. The minimum absolute atomic E-state index is 0.00814. The van der Waals surface area contributed by atoms with E-state index in [1.807, 2.05) is 4.90 Å². The Labute approximate surface area is 115 Å². The third-order valence-corrected chi connectivity index (χ3v) is 4.19. The fourth-order valence-corrected chi connectivity index (χ4v) is 3.36. The van der Waals surface area contributed by atoms with Gasteiger partial charge in [0.25, 0.3) is 5.54 Å². The first-order valence-electron chi connectivity index (χ1n) is 5.92. The van der Waals surface area contributed by atoms with E-state index in [0.29, 0.717) is 25.2 Å². The van der Waals surface area contributed by atoms with Gasteiger partial charge in [-0.15, -0.1) is 0 Å². The summed E-state index contributed by atoms with van der Waals surface area (Å²) in [7, 11) is 1.47. The highest BCUT2D eigenvalue weighted by Gasteiger charge is 2.71. The van der Waals surface area contributed by atoms with E-state index in [1.54, 1.807) is 6.07 Å². The molecular weight excluding hydrogens is 268 g/mol. The largest absolute Gasteiger partial charge is 0.467 e. The number of methoxy groups -OCH3 is 1. The van der Waals surface area contributed by atoms with Crippen molar-refractivity contribution in [3.63, 3.8) is 0 Å². The summed E-state index contributed by atoms with van der Waals surface area (Å²) in [5, 5.41) is 9.94. The van der Waals surface area contributed by atoms with Crippen LogP contribution in [0.3, 0.4) is 0 Å². The molecule has 7 heteroatoms. The minimum Gasteiger partial charge on any atom is -0.467 e. The van der Waals surface area contributed by atoms with Crippen molar-refractivity contribution in [1.82, 2.24) is 9.97 Å². The maximum atomic E-state index is 9.65. The SMILES string of the molecule is [C-]#[N+]C12CN(c3cc(Cl)nc(OC)n3)C(CO)(C1)C2. The molecule has 2 bridgehead atoms. The molecule has 4 rings (SSSR count). The van der Waals surface area contributed by atoms with Crippen LogP contribution in [0, 0.1) is 6.57 Å². The molecule has 1 saturated carbocycles. The third kappa shape index (κ3) is 1.66. The Morgan fingerprint density at radius 2 is 2.32 bits per heavy atom. The number of rotatable bonds is 3. The van der Waals surface area contributed by atoms with E-state index >= 15 is 0 Å². The van der Waals surface area contributed by atoms with Gasteiger partial charge < -0.3 is 19.6 Å². The van der Waals surface area contributed by atoms with E-state index in [1.165, 1.54) is 7.11 Å². The van der Waals surface area contributed by atoms with E-state index in [0.717, 1.165) is 0 Å². The minimum atomic E-state index is -0.382. The first-order valence-corrected chi connectivity index (χ1v) is 6.30. The second-order valence-corrected chi connectivity index (χ2v) is 5.58. The lowest BCUT2D eigenvalue weighted by atomic mass is 9.68. The number of hydrogen-bond acceptors (Lipinski definition) is 5. The molecule has 0 radical (unpaired) electrons.